The molecular weight excluding hydrogens is 314 g/mol. The minimum absolute atomic E-state index is 0.0888. The van der Waals surface area contributed by atoms with E-state index in [0.717, 1.165) is 0 Å². The second kappa shape index (κ2) is 3.92. The first-order chi connectivity index (χ1) is 11.7. The molecule has 1 saturated carbocycles. The van der Waals surface area contributed by atoms with E-state index < -0.39 is 0 Å². The Balaban J connectivity index is 1.83. The van der Waals surface area contributed by atoms with Gasteiger partial charge in [0.1, 0.15) is 0 Å². The third kappa shape index (κ3) is 1.12. The molecule has 1 fully saturated rings. The molecule has 5 nitrogen and oxygen atoms in total. The Bertz CT molecular complexity index is 1090. The number of hydrogen-bond acceptors (Lipinski definition) is 2. The van der Waals surface area contributed by atoms with Crippen LogP contribution in [0.1, 0.15) is 34.6 Å². The summed E-state index contributed by atoms with van der Waals surface area (Å²) in [4.78, 5) is 26.4. The lowest BCUT2D eigenvalue weighted by molar-refractivity contribution is -0.156. The highest BCUT2D eigenvalue weighted by molar-refractivity contribution is 5.52. The molecular formula is C20H23N3O2. The normalized spacial score (nSPS) is 37.9. The van der Waals surface area contributed by atoms with Gasteiger partial charge in [-0.05, 0) is 38.8 Å². The van der Waals surface area contributed by atoms with Gasteiger partial charge in [0.05, 0.1) is 17.8 Å². The molecule has 1 aromatic carbocycles. The van der Waals surface area contributed by atoms with E-state index in [0.29, 0.717) is 18.2 Å². The smallest absolute Gasteiger partial charge is 0.246 e. The van der Waals surface area contributed by atoms with Crippen LogP contribution in [0, 0.1) is 16.7 Å². The van der Waals surface area contributed by atoms with Crippen LogP contribution in [-0.4, -0.2) is 13.9 Å². The highest BCUT2D eigenvalue weighted by Gasteiger charge is 2.84. The van der Waals surface area contributed by atoms with Crippen molar-refractivity contribution >= 4 is 0 Å². The van der Waals surface area contributed by atoms with E-state index in [1.165, 1.54) is 15.7 Å². The van der Waals surface area contributed by atoms with E-state index in [1.807, 2.05) is 30.3 Å². The largest absolute Gasteiger partial charge is 0.352 e. The molecule has 0 radical (unpaired) electrons. The van der Waals surface area contributed by atoms with Crippen LogP contribution < -0.4 is 11.4 Å². The maximum absolute atomic E-state index is 13.3. The molecule has 0 unspecified atom stereocenters. The van der Waals surface area contributed by atoms with Crippen LogP contribution in [0.3, 0.4) is 0 Å². The van der Waals surface area contributed by atoms with Gasteiger partial charge < -0.3 is 0 Å². The number of fused-ring (bicyclic) bond motifs is 1. The van der Waals surface area contributed by atoms with Crippen LogP contribution in [0.4, 0.5) is 0 Å². The fourth-order valence-corrected chi connectivity index (χ4v) is 6.73. The first-order valence-electron chi connectivity index (χ1n) is 8.94. The van der Waals surface area contributed by atoms with Crippen molar-refractivity contribution in [2.45, 2.75) is 46.7 Å². The first kappa shape index (κ1) is 15.0. The molecule has 1 aromatic heterocycles. The Hall–Kier alpha value is -2.30. The predicted octanol–water partition coefficient (Wildman–Crippen LogP) is 2.52. The standard InChI is InChI=1S/C20H23N3O2/c1-12-13(2)20-11-21-16(24)22(15-9-7-6-8-10-15)17(25)23(21)19(20,5)18(12,4)14(20)3/h6-10,14H,11H2,1-5H3/t14-,18+,19-,20-/m1/s1. The van der Waals surface area contributed by atoms with Crippen LogP contribution in [0.25, 0.3) is 5.69 Å². The number of hydrogen-bond donors (Lipinski definition) is 0. The molecule has 5 heteroatoms. The third-order valence-corrected chi connectivity index (χ3v) is 8.36. The Morgan fingerprint density at radius 2 is 1.64 bits per heavy atom. The summed E-state index contributed by atoms with van der Waals surface area (Å²) in [6.07, 6.45) is 0. The molecule has 2 heterocycles. The fourth-order valence-electron chi connectivity index (χ4n) is 6.73. The molecule has 1 aliphatic heterocycles. The summed E-state index contributed by atoms with van der Waals surface area (Å²) in [5.41, 5.74) is 2.37. The lowest BCUT2D eigenvalue weighted by Crippen LogP contribution is -2.70. The number of nitrogens with zero attached hydrogens (tertiary/aromatic N) is 3. The Labute approximate surface area is 146 Å². The van der Waals surface area contributed by atoms with E-state index in [9.17, 15) is 9.59 Å². The third-order valence-electron chi connectivity index (χ3n) is 8.36. The molecule has 3 aliphatic carbocycles. The fraction of sp³-hybridized carbons (Fsp3) is 0.500. The lowest BCUT2D eigenvalue weighted by Gasteiger charge is -2.65. The van der Waals surface area contributed by atoms with Crippen molar-refractivity contribution in [3.63, 3.8) is 0 Å². The van der Waals surface area contributed by atoms with Gasteiger partial charge in [-0.15, -0.1) is 0 Å². The summed E-state index contributed by atoms with van der Waals surface area (Å²) in [7, 11) is 0. The molecule has 4 atom stereocenters. The van der Waals surface area contributed by atoms with Gasteiger partial charge in [0.2, 0.25) is 0 Å². The Morgan fingerprint density at radius 3 is 2.24 bits per heavy atom. The number of benzene rings is 1. The molecule has 0 amide bonds. The van der Waals surface area contributed by atoms with Gasteiger partial charge in [-0.25, -0.2) is 23.5 Å². The van der Waals surface area contributed by atoms with Gasteiger partial charge in [-0.1, -0.05) is 43.2 Å². The van der Waals surface area contributed by atoms with Gasteiger partial charge in [0.15, 0.2) is 0 Å². The summed E-state index contributed by atoms with van der Waals surface area (Å²) >= 11 is 0. The van der Waals surface area contributed by atoms with E-state index in [1.54, 1.807) is 9.36 Å². The van der Waals surface area contributed by atoms with Crippen molar-refractivity contribution in [2.75, 3.05) is 0 Å². The number of rotatable bonds is 1. The minimum Gasteiger partial charge on any atom is -0.246 e. The van der Waals surface area contributed by atoms with E-state index >= 15 is 0 Å². The zero-order chi connectivity index (χ0) is 17.9. The SMILES string of the molecule is CC1=C(C)[C@@]23Cn4c(=O)n(-c5ccccc5)c(=O)n4[C@]2(C)[C@]1(C)[C@H]3C. The minimum atomic E-state index is -0.371. The maximum atomic E-state index is 13.3. The number of para-hydroxylation sites is 1. The summed E-state index contributed by atoms with van der Waals surface area (Å²) in [6, 6.07) is 9.21. The van der Waals surface area contributed by atoms with Gasteiger partial charge in [-0.2, -0.15) is 0 Å². The molecule has 4 aliphatic rings. The van der Waals surface area contributed by atoms with E-state index in [4.69, 9.17) is 0 Å². The van der Waals surface area contributed by atoms with Crippen molar-refractivity contribution in [3.05, 3.63) is 62.4 Å². The van der Waals surface area contributed by atoms with Crippen molar-refractivity contribution in [3.8, 4) is 5.69 Å². The highest BCUT2D eigenvalue weighted by atomic mass is 16.2. The van der Waals surface area contributed by atoms with Crippen molar-refractivity contribution in [1.82, 2.24) is 13.9 Å². The average Bonchev–Trinajstić information content (AvgIpc) is 3.11. The first-order valence-corrected chi connectivity index (χ1v) is 8.94. The zero-order valence-electron chi connectivity index (χ0n) is 15.3. The van der Waals surface area contributed by atoms with Crippen LogP contribution >= 0.6 is 0 Å². The summed E-state index contributed by atoms with van der Waals surface area (Å²) in [5, 5.41) is 0. The lowest BCUT2D eigenvalue weighted by atomic mass is 9.39. The van der Waals surface area contributed by atoms with Gasteiger partial charge in [-0.3, -0.25) is 0 Å². The van der Waals surface area contributed by atoms with Crippen LogP contribution in [0.2, 0.25) is 0 Å². The van der Waals surface area contributed by atoms with Crippen LogP contribution in [0.15, 0.2) is 51.1 Å². The van der Waals surface area contributed by atoms with Gasteiger partial charge in [0, 0.05) is 10.8 Å². The van der Waals surface area contributed by atoms with Crippen LogP contribution in [0.5, 0.6) is 0 Å². The average molecular weight is 337 g/mol. The van der Waals surface area contributed by atoms with E-state index in [2.05, 4.69) is 34.6 Å². The second-order valence-electron chi connectivity index (χ2n) is 8.32. The predicted molar refractivity (Wildman–Crippen MR) is 96.0 cm³/mol. The Morgan fingerprint density at radius 1 is 1.00 bits per heavy atom. The van der Waals surface area contributed by atoms with Gasteiger partial charge >= 0.3 is 11.4 Å². The molecule has 0 N–H and O–H groups in total. The zero-order valence-corrected chi connectivity index (χ0v) is 15.3. The van der Waals surface area contributed by atoms with Crippen molar-refractivity contribution in [1.29, 1.82) is 0 Å². The summed E-state index contributed by atoms with van der Waals surface area (Å²) in [5.74, 6) is 0.432. The van der Waals surface area contributed by atoms with Crippen LogP contribution in [-0.2, 0) is 12.1 Å². The Kier molecular flexibility index (Phi) is 2.35. The highest BCUT2D eigenvalue weighted by Crippen LogP contribution is 2.82. The topological polar surface area (TPSA) is 48.9 Å². The summed E-state index contributed by atoms with van der Waals surface area (Å²) < 4.78 is 4.77. The van der Waals surface area contributed by atoms with Crippen molar-refractivity contribution in [2.24, 2.45) is 16.7 Å². The van der Waals surface area contributed by atoms with Crippen molar-refractivity contribution < 1.29 is 0 Å². The monoisotopic (exact) mass is 337 g/mol. The number of allylic oxidation sites excluding steroid dienone is 2. The quantitative estimate of drug-likeness (QED) is 0.751. The molecule has 130 valence electrons. The number of aromatic nitrogens is 3. The molecule has 2 aromatic rings. The maximum Gasteiger partial charge on any atom is 0.352 e. The molecule has 1 spiro atoms. The van der Waals surface area contributed by atoms with E-state index in [-0.39, 0.29) is 27.7 Å². The van der Waals surface area contributed by atoms with Gasteiger partial charge in [0.25, 0.3) is 0 Å². The molecule has 25 heavy (non-hydrogen) atoms. The summed E-state index contributed by atoms with van der Waals surface area (Å²) in [6.45, 7) is 11.7. The molecule has 0 saturated heterocycles. The molecule has 2 bridgehead atoms. The molecule has 6 rings (SSSR count). The second-order valence-corrected chi connectivity index (χ2v) is 8.32.